The summed E-state index contributed by atoms with van der Waals surface area (Å²) in [5.74, 6) is -1.06. The minimum Gasteiger partial charge on any atom is -0.477 e. The van der Waals surface area contributed by atoms with Gasteiger partial charge >= 0.3 is 5.97 Å². The molecule has 1 amide bonds. The van der Waals surface area contributed by atoms with E-state index in [-0.39, 0.29) is 33.3 Å². The molecule has 3 aromatic rings. The first-order chi connectivity index (χ1) is 18.3. The monoisotopic (exact) mass is 561 g/mol. The van der Waals surface area contributed by atoms with Crippen molar-refractivity contribution in [2.45, 2.75) is 39.0 Å². The standard InChI is InChI=1S/C24H28ClN7O5S/c1-4-37-16-12-32(7-5-15(16)29-22(33)18-14(11-26)17(25)13(2)28-18)24-30-19(20(38-24)23(34)35)21-27-6-8-31(21)9-10-36-3/h6,8,15-16,28H,4-5,7,9-10,12H2,1-3H3,(H,29,33)(H,34,35)/t15-,16+/m1/s1. The number of aryl methyl sites for hydroxylation is 1. The number of H-pyrrole nitrogens is 1. The summed E-state index contributed by atoms with van der Waals surface area (Å²) in [6, 6.07) is 1.64. The third kappa shape index (κ3) is 5.53. The third-order valence-corrected chi connectivity index (χ3v) is 7.83. The highest BCUT2D eigenvalue weighted by molar-refractivity contribution is 7.17. The minimum absolute atomic E-state index is 0.0938. The van der Waals surface area contributed by atoms with Gasteiger partial charge in [0.05, 0.1) is 23.8 Å². The second-order valence-corrected chi connectivity index (χ2v) is 10.0. The van der Waals surface area contributed by atoms with Gasteiger partial charge in [-0.2, -0.15) is 5.26 Å². The van der Waals surface area contributed by atoms with Gasteiger partial charge in [-0.1, -0.05) is 22.9 Å². The minimum atomic E-state index is -1.08. The summed E-state index contributed by atoms with van der Waals surface area (Å²) in [6.45, 7) is 5.83. The number of ether oxygens (including phenoxy) is 2. The van der Waals surface area contributed by atoms with Crippen LogP contribution in [0.3, 0.4) is 0 Å². The van der Waals surface area contributed by atoms with Crippen LogP contribution in [0.1, 0.15) is 44.8 Å². The molecular weight excluding hydrogens is 534 g/mol. The maximum atomic E-state index is 13.0. The van der Waals surface area contributed by atoms with E-state index in [1.54, 1.807) is 26.4 Å². The number of methoxy groups -OCH3 is 1. The number of halogens is 1. The average Bonchev–Trinajstić information content (AvgIpc) is 3.61. The van der Waals surface area contributed by atoms with Gasteiger partial charge < -0.3 is 34.3 Å². The summed E-state index contributed by atoms with van der Waals surface area (Å²) in [7, 11) is 1.60. The molecule has 1 fully saturated rings. The largest absolute Gasteiger partial charge is 0.477 e. The molecule has 1 saturated heterocycles. The number of carbonyl (C=O) groups is 2. The molecule has 2 atom stereocenters. The van der Waals surface area contributed by atoms with Crippen molar-refractivity contribution >= 4 is 39.9 Å². The Labute approximate surface area is 228 Å². The zero-order valence-corrected chi connectivity index (χ0v) is 22.7. The van der Waals surface area contributed by atoms with Gasteiger partial charge in [0, 0.05) is 51.4 Å². The van der Waals surface area contributed by atoms with Crippen LogP contribution in [-0.4, -0.2) is 82.1 Å². The van der Waals surface area contributed by atoms with E-state index in [2.05, 4.69) is 20.3 Å². The number of aromatic carboxylic acids is 1. The lowest BCUT2D eigenvalue weighted by molar-refractivity contribution is 0.0272. The van der Waals surface area contributed by atoms with Gasteiger partial charge in [0.25, 0.3) is 5.91 Å². The number of imidazole rings is 1. The average molecular weight is 562 g/mol. The fourth-order valence-corrected chi connectivity index (χ4v) is 5.51. The van der Waals surface area contributed by atoms with Gasteiger partial charge in [-0.15, -0.1) is 0 Å². The summed E-state index contributed by atoms with van der Waals surface area (Å²) < 4.78 is 12.9. The SMILES string of the molecule is CCO[C@H]1CN(c2nc(-c3nccn3CCOC)c(C(=O)O)s2)CC[C@H]1NC(=O)c1[nH]c(C)c(Cl)c1C#N. The molecule has 0 unspecified atom stereocenters. The number of rotatable bonds is 10. The highest BCUT2D eigenvalue weighted by Gasteiger charge is 2.34. The third-order valence-electron chi connectivity index (χ3n) is 6.25. The summed E-state index contributed by atoms with van der Waals surface area (Å²) in [6.07, 6.45) is 3.49. The Morgan fingerprint density at radius 2 is 2.24 bits per heavy atom. The van der Waals surface area contributed by atoms with Gasteiger partial charge in [0.2, 0.25) is 0 Å². The van der Waals surface area contributed by atoms with E-state index in [9.17, 15) is 20.0 Å². The maximum Gasteiger partial charge on any atom is 0.348 e. The normalized spacial score (nSPS) is 17.4. The van der Waals surface area contributed by atoms with Crippen molar-refractivity contribution in [2.24, 2.45) is 0 Å². The number of aromatic amines is 1. The molecule has 0 aliphatic carbocycles. The van der Waals surface area contributed by atoms with Crippen LogP contribution in [0.2, 0.25) is 5.02 Å². The first-order valence-electron chi connectivity index (χ1n) is 12.0. The number of aromatic nitrogens is 4. The predicted molar refractivity (Wildman–Crippen MR) is 141 cm³/mol. The lowest BCUT2D eigenvalue weighted by Gasteiger charge is -2.38. The number of carboxylic acids is 1. The molecule has 3 aromatic heterocycles. The first-order valence-corrected chi connectivity index (χ1v) is 13.2. The molecule has 12 nitrogen and oxygen atoms in total. The zero-order valence-electron chi connectivity index (χ0n) is 21.2. The van der Waals surface area contributed by atoms with E-state index < -0.39 is 11.9 Å². The van der Waals surface area contributed by atoms with Crippen LogP contribution in [0.25, 0.3) is 11.5 Å². The summed E-state index contributed by atoms with van der Waals surface area (Å²) >= 11 is 7.23. The van der Waals surface area contributed by atoms with Crippen molar-refractivity contribution in [2.75, 3.05) is 38.3 Å². The fraction of sp³-hybridized carbons (Fsp3) is 0.458. The van der Waals surface area contributed by atoms with Crippen LogP contribution in [-0.2, 0) is 16.0 Å². The highest BCUT2D eigenvalue weighted by Crippen LogP contribution is 2.34. The predicted octanol–water partition coefficient (Wildman–Crippen LogP) is 2.93. The molecule has 14 heteroatoms. The molecule has 3 N–H and O–H groups in total. The van der Waals surface area contributed by atoms with Crippen LogP contribution < -0.4 is 10.2 Å². The molecule has 4 heterocycles. The van der Waals surface area contributed by atoms with E-state index >= 15 is 0 Å². The van der Waals surface area contributed by atoms with E-state index in [1.165, 1.54) is 0 Å². The maximum absolute atomic E-state index is 13.0. The van der Waals surface area contributed by atoms with E-state index in [0.717, 1.165) is 11.3 Å². The second-order valence-electron chi connectivity index (χ2n) is 8.65. The van der Waals surface area contributed by atoms with Crippen LogP contribution in [0.4, 0.5) is 5.13 Å². The molecule has 0 spiro atoms. The lowest BCUT2D eigenvalue weighted by Crippen LogP contribution is -2.55. The summed E-state index contributed by atoms with van der Waals surface area (Å²) in [4.78, 5) is 39.0. The van der Waals surface area contributed by atoms with Gasteiger partial charge in [-0.3, -0.25) is 4.79 Å². The number of amides is 1. The van der Waals surface area contributed by atoms with Gasteiger partial charge in [-0.05, 0) is 20.3 Å². The number of anilines is 1. The van der Waals surface area contributed by atoms with Crippen molar-refractivity contribution in [3.63, 3.8) is 0 Å². The lowest BCUT2D eigenvalue weighted by atomic mass is 10.0. The quantitative estimate of drug-likeness (QED) is 0.338. The number of hydrogen-bond acceptors (Lipinski definition) is 9. The Morgan fingerprint density at radius 3 is 2.92 bits per heavy atom. The molecule has 0 aromatic carbocycles. The number of nitrogens with one attached hydrogen (secondary N) is 2. The van der Waals surface area contributed by atoms with Crippen molar-refractivity contribution in [3.05, 3.63) is 39.2 Å². The number of nitriles is 1. The zero-order chi connectivity index (χ0) is 27.4. The Hall–Kier alpha value is -3.44. The number of hydrogen-bond donors (Lipinski definition) is 3. The summed E-state index contributed by atoms with van der Waals surface area (Å²) in [5, 5.41) is 23.0. The molecule has 1 aliphatic heterocycles. The number of piperidine rings is 1. The Bertz CT molecular complexity index is 1360. The molecule has 4 rings (SSSR count). The van der Waals surface area contributed by atoms with Crippen LogP contribution in [0, 0.1) is 18.3 Å². The molecule has 1 aliphatic rings. The number of nitrogens with zero attached hydrogens (tertiary/aromatic N) is 5. The molecule has 0 saturated carbocycles. The smallest absolute Gasteiger partial charge is 0.348 e. The molecular formula is C24H28ClN7O5S. The van der Waals surface area contributed by atoms with Crippen molar-refractivity contribution in [3.8, 4) is 17.6 Å². The Morgan fingerprint density at radius 1 is 1.45 bits per heavy atom. The summed E-state index contributed by atoms with van der Waals surface area (Å²) in [5.41, 5.74) is 1.06. The number of carboxylic acid groups (broad SMARTS) is 1. The van der Waals surface area contributed by atoms with E-state index in [1.807, 2.05) is 22.5 Å². The number of thiazole rings is 1. The molecule has 202 valence electrons. The second kappa shape index (κ2) is 12.0. The molecule has 0 radical (unpaired) electrons. The van der Waals surface area contributed by atoms with Crippen molar-refractivity contribution in [1.29, 1.82) is 5.26 Å². The van der Waals surface area contributed by atoms with Gasteiger partial charge in [-0.25, -0.2) is 14.8 Å². The Balaban J connectivity index is 1.55. The van der Waals surface area contributed by atoms with E-state index in [4.69, 9.17) is 21.1 Å². The van der Waals surface area contributed by atoms with E-state index in [0.29, 0.717) is 61.6 Å². The molecule has 38 heavy (non-hydrogen) atoms. The van der Waals surface area contributed by atoms with Crippen LogP contribution >= 0.6 is 22.9 Å². The van der Waals surface area contributed by atoms with Crippen LogP contribution in [0.5, 0.6) is 0 Å². The highest BCUT2D eigenvalue weighted by atomic mass is 35.5. The van der Waals surface area contributed by atoms with Crippen molar-refractivity contribution in [1.82, 2.24) is 24.8 Å². The van der Waals surface area contributed by atoms with Crippen molar-refractivity contribution < 1.29 is 24.2 Å². The number of carbonyl (C=O) groups excluding carboxylic acids is 1. The Kier molecular flexibility index (Phi) is 8.68. The van der Waals surface area contributed by atoms with Gasteiger partial charge in [0.1, 0.15) is 27.9 Å². The van der Waals surface area contributed by atoms with Gasteiger partial charge in [0.15, 0.2) is 11.0 Å². The van der Waals surface area contributed by atoms with Crippen LogP contribution in [0.15, 0.2) is 12.4 Å². The topological polar surface area (TPSA) is 158 Å². The first kappa shape index (κ1) is 27.6. The molecule has 0 bridgehead atoms. The fourth-order valence-electron chi connectivity index (χ4n) is 4.39.